The van der Waals surface area contributed by atoms with E-state index in [0.29, 0.717) is 28.1 Å². The number of carbonyl (C=O) groups is 2. The van der Waals surface area contributed by atoms with Crippen molar-refractivity contribution in [3.05, 3.63) is 100 Å². The summed E-state index contributed by atoms with van der Waals surface area (Å²) in [5.74, 6) is -1.39. The molecule has 1 fully saturated rings. The first-order valence-corrected chi connectivity index (χ1v) is 10.4. The molecule has 1 atom stereocenters. The van der Waals surface area contributed by atoms with Crippen LogP contribution in [0.15, 0.2) is 72.3 Å². The largest absolute Gasteiger partial charge is 0.507 e. The Labute approximate surface area is 192 Å². The predicted octanol–water partition coefficient (Wildman–Crippen LogP) is 4.81. The van der Waals surface area contributed by atoms with Crippen molar-refractivity contribution < 1.29 is 19.4 Å². The third-order valence-corrected chi connectivity index (χ3v) is 5.71. The monoisotopic (exact) mass is 438 g/mol. The van der Waals surface area contributed by atoms with Gasteiger partial charge in [0.2, 0.25) is 0 Å². The number of benzene rings is 3. The standard InChI is InChI=1S/C27H22N2O4/c1-16-13-17(2)26(33-3)21(14-16)24(30)22-23(19-7-5-4-6-8-19)29(27(32)25(22)31)20-11-9-18(15-28)10-12-20/h4-14,23,30H,1-3H3/b24-22+. The predicted molar refractivity (Wildman–Crippen MR) is 125 cm³/mol. The Morgan fingerprint density at radius 3 is 2.30 bits per heavy atom. The second-order valence-corrected chi connectivity index (χ2v) is 7.90. The van der Waals surface area contributed by atoms with E-state index >= 15 is 0 Å². The van der Waals surface area contributed by atoms with Crippen LogP contribution in [0.2, 0.25) is 0 Å². The van der Waals surface area contributed by atoms with Crippen LogP contribution in [-0.4, -0.2) is 23.9 Å². The SMILES string of the molecule is COc1c(C)cc(C)cc1/C(O)=C1\C(=O)C(=O)N(c2ccc(C#N)cc2)C1c1ccccc1. The summed E-state index contributed by atoms with van der Waals surface area (Å²) in [6.45, 7) is 3.74. The van der Waals surface area contributed by atoms with Crippen LogP contribution >= 0.6 is 0 Å². The number of aryl methyl sites for hydroxylation is 2. The van der Waals surface area contributed by atoms with Gasteiger partial charge in [-0.3, -0.25) is 14.5 Å². The van der Waals surface area contributed by atoms with Crippen molar-refractivity contribution in [1.29, 1.82) is 5.26 Å². The van der Waals surface area contributed by atoms with Gasteiger partial charge in [-0.15, -0.1) is 0 Å². The highest BCUT2D eigenvalue weighted by molar-refractivity contribution is 6.51. The number of anilines is 1. The first-order chi connectivity index (χ1) is 15.9. The summed E-state index contributed by atoms with van der Waals surface area (Å²) >= 11 is 0. The Balaban J connectivity index is 1.98. The zero-order valence-corrected chi connectivity index (χ0v) is 18.5. The average molecular weight is 438 g/mol. The third-order valence-electron chi connectivity index (χ3n) is 5.71. The number of ether oxygens (including phenoxy) is 1. The van der Waals surface area contributed by atoms with Crippen LogP contribution in [0, 0.1) is 25.2 Å². The molecule has 0 aromatic heterocycles. The molecule has 3 aromatic carbocycles. The van der Waals surface area contributed by atoms with Crippen LogP contribution in [0.3, 0.4) is 0 Å². The van der Waals surface area contributed by atoms with Gasteiger partial charge in [-0.05, 0) is 60.9 Å². The maximum atomic E-state index is 13.3. The molecule has 1 aliphatic rings. The van der Waals surface area contributed by atoms with Crippen molar-refractivity contribution in [2.24, 2.45) is 0 Å². The van der Waals surface area contributed by atoms with Gasteiger partial charge >= 0.3 is 0 Å². The lowest BCUT2D eigenvalue weighted by molar-refractivity contribution is -0.132. The minimum atomic E-state index is -0.843. The number of rotatable bonds is 4. The Hall–Kier alpha value is -4.37. The summed E-state index contributed by atoms with van der Waals surface area (Å²) in [6.07, 6.45) is 0. The molecule has 6 heteroatoms. The molecule has 1 N–H and O–H groups in total. The average Bonchev–Trinajstić information content (AvgIpc) is 3.09. The molecular formula is C27H22N2O4. The van der Waals surface area contributed by atoms with Crippen molar-refractivity contribution in [2.45, 2.75) is 19.9 Å². The molecule has 4 rings (SSSR count). The first kappa shape index (κ1) is 21.8. The number of hydrogen-bond donors (Lipinski definition) is 1. The van der Waals surface area contributed by atoms with Crippen LogP contribution in [0.5, 0.6) is 5.75 Å². The number of aliphatic hydroxyl groups excluding tert-OH is 1. The molecular weight excluding hydrogens is 416 g/mol. The number of amides is 1. The number of methoxy groups -OCH3 is 1. The maximum absolute atomic E-state index is 13.3. The van der Waals surface area contributed by atoms with Crippen molar-refractivity contribution in [2.75, 3.05) is 12.0 Å². The summed E-state index contributed by atoms with van der Waals surface area (Å²) < 4.78 is 5.52. The van der Waals surface area contributed by atoms with E-state index in [-0.39, 0.29) is 11.3 Å². The van der Waals surface area contributed by atoms with Crippen molar-refractivity contribution in [3.8, 4) is 11.8 Å². The van der Waals surface area contributed by atoms with Crippen LogP contribution in [-0.2, 0) is 9.59 Å². The summed E-state index contributed by atoms with van der Waals surface area (Å²) in [4.78, 5) is 27.9. The van der Waals surface area contributed by atoms with Gasteiger partial charge in [0.1, 0.15) is 11.5 Å². The Bertz CT molecular complexity index is 1320. The fraction of sp³-hybridized carbons (Fsp3) is 0.148. The highest BCUT2D eigenvalue weighted by Crippen LogP contribution is 2.43. The summed E-state index contributed by atoms with van der Waals surface area (Å²) in [5, 5.41) is 20.5. The topological polar surface area (TPSA) is 90.6 Å². The van der Waals surface area contributed by atoms with Gasteiger partial charge < -0.3 is 9.84 Å². The highest BCUT2D eigenvalue weighted by atomic mass is 16.5. The molecule has 1 heterocycles. The van der Waals surface area contributed by atoms with Gasteiger partial charge in [-0.2, -0.15) is 5.26 Å². The Kier molecular flexibility index (Phi) is 5.72. The lowest BCUT2D eigenvalue weighted by atomic mass is 9.93. The van der Waals surface area contributed by atoms with E-state index in [4.69, 9.17) is 10.00 Å². The fourth-order valence-corrected chi connectivity index (χ4v) is 4.29. The lowest BCUT2D eigenvalue weighted by Crippen LogP contribution is -2.29. The summed E-state index contributed by atoms with van der Waals surface area (Å²) in [7, 11) is 1.50. The molecule has 6 nitrogen and oxygen atoms in total. The number of nitrogens with zero attached hydrogens (tertiary/aromatic N) is 2. The number of hydrogen-bond acceptors (Lipinski definition) is 5. The number of Topliss-reactive ketones (excluding diaryl/α,β-unsaturated/α-hetero) is 1. The van der Waals surface area contributed by atoms with Crippen LogP contribution in [0.4, 0.5) is 5.69 Å². The Morgan fingerprint density at radius 2 is 1.70 bits per heavy atom. The molecule has 0 aliphatic carbocycles. The summed E-state index contributed by atoms with van der Waals surface area (Å²) in [5.41, 5.74) is 3.59. The van der Waals surface area contributed by atoms with Gasteiger partial charge in [0.25, 0.3) is 11.7 Å². The highest BCUT2D eigenvalue weighted by Gasteiger charge is 2.47. The second kappa shape index (κ2) is 8.64. The van der Waals surface area contributed by atoms with E-state index in [2.05, 4.69) is 0 Å². The molecule has 164 valence electrons. The molecule has 1 unspecified atom stereocenters. The number of ketones is 1. The van der Waals surface area contributed by atoms with E-state index in [1.165, 1.54) is 12.0 Å². The normalized spacial score (nSPS) is 17.2. The maximum Gasteiger partial charge on any atom is 0.300 e. The molecule has 1 saturated heterocycles. The van der Waals surface area contributed by atoms with Crippen molar-refractivity contribution in [1.82, 2.24) is 0 Å². The lowest BCUT2D eigenvalue weighted by Gasteiger charge is -2.25. The number of aliphatic hydroxyl groups is 1. The van der Waals surface area contributed by atoms with Crippen molar-refractivity contribution in [3.63, 3.8) is 0 Å². The third kappa shape index (κ3) is 3.74. The fourth-order valence-electron chi connectivity index (χ4n) is 4.29. The second-order valence-electron chi connectivity index (χ2n) is 7.90. The zero-order chi connectivity index (χ0) is 23.7. The smallest absolute Gasteiger partial charge is 0.300 e. The van der Waals surface area contributed by atoms with E-state index in [1.54, 1.807) is 42.5 Å². The van der Waals surface area contributed by atoms with E-state index in [1.807, 2.05) is 44.2 Å². The van der Waals surface area contributed by atoms with Gasteiger partial charge in [0, 0.05) is 5.69 Å². The molecule has 1 aliphatic heterocycles. The Morgan fingerprint density at radius 1 is 1.03 bits per heavy atom. The minimum absolute atomic E-state index is 0.0149. The van der Waals surface area contributed by atoms with Gasteiger partial charge in [0.15, 0.2) is 0 Å². The van der Waals surface area contributed by atoms with Gasteiger partial charge in [-0.25, -0.2) is 0 Å². The van der Waals surface area contributed by atoms with E-state index < -0.39 is 17.7 Å². The van der Waals surface area contributed by atoms with Gasteiger partial charge in [-0.1, -0.05) is 36.4 Å². The number of nitriles is 1. The molecule has 0 bridgehead atoms. The van der Waals surface area contributed by atoms with E-state index in [0.717, 1.165) is 11.1 Å². The zero-order valence-electron chi connectivity index (χ0n) is 18.5. The molecule has 3 aromatic rings. The van der Waals surface area contributed by atoms with Gasteiger partial charge in [0.05, 0.1) is 35.9 Å². The van der Waals surface area contributed by atoms with Crippen LogP contribution in [0.25, 0.3) is 5.76 Å². The molecule has 0 saturated carbocycles. The van der Waals surface area contributed by atoms with Crippen LogP contribution in [0.1, 0.15) is 33.9 Å². The quantitative estimate of drug-likeness (QED) is 0.359. The number of carbonyl (C=O) groups excluding carboxylic acids is 2. The summed E-state index contributed by atoms with van der Waals surface area (Å²) in [6, 6.07) is 20.3. The minimum Gasteiger partial charge on any atom is -0.507 e. The molecule has 0 spiro atoms. The van der Waals surface area contributed by atoms with E-state index in [9.17, 15) is 14.7 Å². The molecule has 33 heavy (non-hydrogen) atoms. The molecule has 0 radical (unpaired) electrons. The van der Waals surface area contributed by atoms with Crippen LogP contribution < -0.4 is 9.64 Å². The van der Waals surface area contributed by atoms with Crippen molar-refractivity contribution >= 4 is 23.1 Å². The molecule has 1 amide bonds. The first-order valence-electron chi connectivity index (χ1n) is 10.4.